The minimum Gasteiger partial charge on any atom is -0.439 e. The number of hydrogen-bond donors (Lipinski definition) is 1. The average Bonchev–Trinajstić information content (AvgIpc) is 3.08. The van der Waals surface area contributed by atoms with Gasteiger partial charge >= 0.3 is 0 Å². The summed E-state index contributed by atoms with van der Waals surface area (Å²) in [7, 11) is 0. The van der Waals surface area contributed by atoms with Gasteiger partial charge in [0.15, 0.2) is 0 Å². The molecule has 0 radical (unpaired) electrons. The van der Waals surface area contributed by atoms with E-state index in [2.05, 4.69) is 10.3 Å². The molecule has 5 heteroatoms. The van der Waals surface area contributed by atoms with Crippen LogP contribution >= 0.6 is 11.3 Å². The van der Waals surface area contributed by atoms with Gasteiger partial charge in [0.05, 0.1) is 12.1 Å². The number of pyridine rings is 1. The summed E-state index contributed by atoms with van der Waals surface area (Å²) < 4.78 is 5.59. The second kappa shape index (κ2) is 6.87. The number of aromatic nitrogens is 1. The summed E-state index contributed by atoms with van der Waals surface area (Å²) in [4.78, 5) is 17.3. The Balaban J connectivity index is 1.60. The molecule has 1 amide bonds. The van der Waals surface area contributed by atoms with Gasteiger partial charge in [-0.1, -0.05) is 24.3 Å². The smallest absolute Gasteiger partial charge is 0.253 e. The number of rotatable bonds is 5. The molecule has 2 aromatic heterocycles. The van der Waals surface area contributed by atoms with Crippen LogP contribution in [-0.4, -0.2) is 10.9 Å². The zero-order chi connectivity index (χ0) is 15.2. The Morgan fingerprint density at radius 1 is 1.09 bits per heavy atom. The standard InChI is InChI=1S/C17H14N2O2S/c20-17(19-12-15-7-4-10-22-15)13-8-9-16(18-11-13)21-14-5-2-1-3-6-14/h1-11H,12H2,(H,19,20). The molecular weight excluding hydrogens is 296 g/mol. The van der Waals surface area contributed by atoms with Crippen molar-refractivity contribution in [1.29, 1.82) is 0 Å². The first-order chi connectivity index (χ1) is 10.8. The van der Waals surface area contributed by atoms with Crippen molar-refractivity contribution in [3.63, 3.8) is 0 Å². The van der Waals surface area contributed by atoms with E-state index in [4.69, 9.17) is 4.74 Å². The minimum atomic E-state index is -0.146. The number of nitrogens with one attached hydrogen (secondary N) is 1. The molecule has 1 N–H and O–H groups in total. The molecule has 0 fully saturated rings. The van der Waals surface area contributed by atoms with E-state index in [1.165, 1.54) is 6.20 Å². The number of benzene rings is 1. The van der Waals surface area contributed by atoms with Crippen LogP contribution in [0.5, 0.6) is 11.6 Å². The van der Waals surface area contributed by atoms with Crippen molar-refractivity contribution in [2.45, 2.75) is 6.54 Å². The first-order valence-corrected chi connectivity index (χ1v) is 7.69. The molecule has 110 valence electrons. The summed E-state index contributed by atoms with van der Waals surface area (Å²) in [5, 5.41) is 4.85. The van der Waals surface area contributed by atoms with Crippen LogP contribution in [-0.2, 0) is 6.54 Å². The van der Waals surface area contributed by atoms with Gasteiger partial charge in [-0.25, -0.2) is 4.98 Å². The summed E-state index contributed by atoms with van der Waals surface area (Å²) in [6.07, 6.45) is 1.52. The zero-order valence-electron chi connectivity index (χ0n) is 11.7. The Morgan fingerprint density at radius 2 is 1.95 bits per heavy atom. The van der Waals surface area contributed by atoms with Gasteiger partial charge in [-0.05, 0) is 29.6 Å². The molecule has 0 aliphatic heterocycles. The number of ether oxygens (including phenoxy) is 1. The van der Waals surface area contributed by atoms with Crippen LogP contribution in [0.4, 0.5) is 0 Å². The van der Waals surface area contributed by atoms with E-state index in [1.807, 2.05) is 47.8 Å². The predicted molar refractivity (Wildman–Crippen MR) is 86.2 cm³/mol. The van der Waals surface area contributed by atoms with Crippen LogP contribution in [0.1, 0.15) is 15.2 Å². The van der Waals surface area contributed by atoms with Crippen molar-refractivity contribution < 1.29 is 9.53 Å². The minimum absolute atomic E-state index is 0.146. The third-order valence-corrected chi connectivity index (χ3v) is 3.84. The summed E-state index contributed by atoms with van der Waals surface area (Å²) in [5.74, 6) is 1.03. The summed E-state index contributed by atoms with van der Waals surface area (Å²) >= 11 is 1.61. The topological polar surface area (TPSA) is 51.2 Å². The van der Waals surface area contributed by atoms with Gasteiger partial charge in [0.1, 0.15) is 5.75 Å². The van der Waals surface area contributed by atoms with Gasteiger partial charge in [-0.2, -0.15) is 0 Å². The maximum atomic E-state index is 12.0. The fraction of sp³-hybridized carbons (Fsp3) is 0.0588. The molecule has 3 aromatic rings. The second-order valence-electron chi connectivity index (χ2n) is 4.56. The molecule has 0 spiro atoms. The van der Waals surface area contributed by atoms with E-state index in [0.717, 1.165) is 4.88 Å². The van der Waals surface area contributed by atoms with Crippen LogP contribution < -0.4 is 10.1 Å². The highest BCUT2D eigenvalue weighted by atomic mass is 32.1. The van der Waals surface area contributed by atoms with E-state index in [1.54, 1.807) is 23.5 Å². The van der Waals surface area contributed by atoms with Gasteiger partial charge in [0.2, 0.25) is 5.88 Å². The number of amides is 1. The lowest BCUT2D eigenvalue weighted by atomic mass is 10.2. The van der Waals surface area contributed by atoms with E-state index < -0.39 is 0 Å². The van der Waals surface area contributed by atoms with E-state index in [0.29, 0.717) is 23.7 Å². The quantitative estimate of drug-likeness (QED) is 0.778. The SMILES string of the molecule is O=C(NCc1cccs1)c1ccc(Oc2ccccc2)nc1. The third-order valence-electron chi connectivity index (χ3n) is 2.97. The van der Waals surface area contributed by atoms with Crippen molar-refractivity contribution in [3.8, 4) is 11.6 Å². The third kappa shape index (κ3) is 3.71. The molecule has 0 saturated carbocycles. The number of hydrogen-bond acceptors (Lipinski definition) is 4. The summed E-state index contributed by atoms with van der Waals surface area (Å²) in [5.41, 5.74) is 0.511. The molecule has 0 aliphatic carbocycles. The highest BCUT2D eigenvalue weighted by Gasteiger charge is 2.07. The monoisotopic (exact) mass is 310 g/mol. The van der Waals surface area contributed by atoms with Crippen LogP contribution in [0.15, 0.2) is 66.2 Å². The second-order valence-corrected chi connectivity index (χ2v) is 5.59. The Morgan fingerprint density at radius 3 is 2.64 bits per heavy atom. The van der Waals surface area contributed by atoms with E-state index in [9.17, 15) is 4.79 Å². The number of carbonyl (C=O) groups excluding carboxylic acids is 1. The average molecular weight is 310 g/mol. The Hall–Kier alpha value is -2.66. The number of carbonyl (C=O) groups is 1. The normalized spacial score (nSPS) is 10.2. The number of para-hydroxylation sites is 1. The Labute approximate surface area is 132 Å². The van der Waals surface area contributed by atoms with Gasteiger partial charge in [-0.15, -0.1) is 11.3 Å². The molecule has 4 nitrogen and oxygen atoms in total. The van der Waals surface area contributed by atoms with Gasteiger partial charge in [0, 0.05) is 17.1 Å². The molecule has 3 rings (SSSR count). The summed E-state index contributed by atoms with van der Waals surface area (Å²) in [6.45, 7) is 0.527. The zero-order valence-corrected chi connectivity index (χ0v) is 12.5. The molecule has 0 saturated heterocycles. The van der Waals surface area contributed by atoms with Gasteiger partial charge < -0.3 is 10.1 Å². The van der Waals surface area contributed by atoms with Crippen molar-refractivity contribution in [2.75, 3.05) is 0 Å². The van der Waals surface area contributed by atoms with E-state index in [-0.39, 0.29) is 5.91 Å². The Bertz CT molecular complexity index is 725. The van der Waals surface area contributed by atoms with Crippen molar-refractivity contribution in [3.05, 3.63) is 76.6 Å². The van der Waals surface area contributed by atoms with Crippen molar-refractivity contribution in [1.82, 2.24) is 10.3 Å². The van der Waals surface area contributed by atoms with Gasteiger partial charge in [0.25, 0.3) is 5.91 Å². The molecule has 22 heavy (non-hydrogen) atoms. The van der Waals surface area contributed by atoms with Crippen LogP contribution in [0, 0.1) is 0 Å². The Kier molecular flexibility index (Phi) is 4.46. The van der Waals surface area contributed by atoms with Crippen LogP contribution in [0.2, 0.25) is 0 Å². The first kappa shape index (κ1) is 14.3. The highest BCUT2D eigenvalue weighted by molar-refractivity contribution is 7.09. The van der Waals surface area contributed by atoms with Gasteiger partial charge in [-0.3, -0.25) is 4.79 Å². The fourth-order valence-corrected chi connectivity index (χ4v) is 2.51. The maximum Gasteiger partial charge on any atom is 0.253 e. The molecule has 2 heterocycles. The molecule has 0 atom stereocenters. The lowest BCUT2D eigenvalue weighted by Crippen LogP contribution is -2.22. The molecule has 0 aliphatic rings. The van der Waals surface area contributed by atoms with Crippen molar-refractivity contribution in [2.24, 2.45) is 0 Å². The number of nitrogens with zero attached hydrogens (tertiary/aromatic N) is 1. The molecule has 0 bridgehead atoms. The fourth-order valence-electron chi connectivity index (χ4n) is 1.87. The van der Waals surface area contributed by atoms with Crippen LogP contribution in [0.3, 0.4) is 0 Å². The predicted octanol–water partition coefficient (Wildman–Crippen LogP) is 3.87. The lowest BCUT2D eigenvalue weighted by molar-refractivity contribution is 0.0951. The molecule has 1 aromatic carbocycles. The first-order valence-electron chi connectivity index (χ1n) is 6.81. The maximum absolute atomic E-state index is 12.0. The highest BCUT2D eigenvalue weighted by Crippen LogP contribution is 2.18. The molecular formula is C17H14N2O2S. The van der Waals surface area contributed by atoms with Crippen molar-refractivity contribution >= 4 is 17.2 Å². The summed E-state index contributed by atoms with van der Waals surface area (Å²) in [6, 6.07) is 16.7. The lowest BCUT2D eigenvalue weighted by Gasteiger charge is -2.06. The van der Waals surface area contributed by atoms with Crippen LogP contribution in [0.25, 0.3) is 0 Å². The number of thiophene rings is 1. The van der Waals surface area contributed by atoms with E-state index >= 15 is 0 Å². The largest absolute Gasteiger partial charge is 0.439 e. The molecule has 0 unspecified atom stereocenters.